The molecule has 0 aliphatic carbocycles. The average Bonchev–Trinajstić information content (AvgIpc) is 3.16. The van der Waals surface area contributed by atoms with E-state index < -0.39 is 0 Å². The number of nitrogens with one attached hydrogen (secondary N) is 1. The Bertz CT molecular complexity index is 1130. The number of para-hydroxylation sites is 1. The number of aryl methyl sites for hydroxylation is 1. The van der Waals surface area contributed by atoms with Crippen LogP contribution in [0.1, 0.15) is 21.9 Å². The van der Waals surface area contributed by atoms with Gasteiger partial charge in [0.25, 0.3) is 11.8 Å². The van der Waals surface area contributed by atoms with E-state index >= 15 is 0 Å². The molecule has 0 unspecified atom stereocenters. The summed E-state index contributed by atoms with van der Waals surface area (Å²) >= 11 is 6.21. The lowest BCUT2D eigenvalue weighted by Gasteiger charge is -2.08. The van der Waals surface area contributed by atoms with E-state index in [1.807, 2.05) is 43.3 Å². The number of fused-ring (bicyclic) bond motifs is 1. The van der Waals surface area contributed by atoms with Crippen molar-refractivity contribution in [2.45, 2.75) is 13.5 Å². The van der Waals surface area contributed by atoms with Gasteiger partial charge in [0.15, 0.2) is 5.82 Å². The van der Waals surface area contributed by atoms with Gasteiger partial charge in [-0.1, -0.05) is 47.1 Å². The van der Waals surface area contributed by atoms with Crippen molar-refractivity contribution in [2.24, 2.45) is 0 Å². The van der Waals surface area contributed by atoms with E-state index in [2.05, 4.69) is 20.4 Å². The van der Waals surface area contributed by atoms with Crippen molar-refractivity contribution in [1.29, 1.82) is 0 Å². The third kappa shape index (κ3) is 3.52. The maximum Gasteiger partial charge on any atom is 0.257 e. The van der Waals surface area contributed by atoms with E-state index in [1.54, 1.807) is 18.2 Å². The van der Waals surface area contributed by atoms with E-state index in [0.717, 1.165) is 5.56 Å². The molecule has 2 aromatic carbocycles. The summed E-state index contributed by atoms with van der Waals surface area (Å²) in [6.45, 7) is 1.98. The van der Waals surface area contributed by atoms with Crippen LogP contribution < -0.4 is 5.32 Å². The minimum Gasteiger partial charge on any atom is -0.345 e. The molecule has 7 heteroatoms. The Balaban J connectivity index is 1.55. The normalized spacial score (nSPS) is 10.9. The second kappa shape index (κ2) is 7.17. The fraction of sp³-hybridized carbons (Fsp3) is 0.100. The predicted octanol–water partition coefficient (Wildman–Crippen LogP) is 4.18. The number of benzene rings is 2. The smallest absolute Gasteiger partial charge is 0.257 e. The first-order valence-electron chi connectivity index (χ1n) is 8.34. The quantitative estimate of drug-likeness (QED) is 0.576. The molecule has 0 radical (unpaired) electrons. The third-order valence-electron chi connectivity index (χ3n) is 4.06. The van der Waals surface area contributed by atoms with Gasteiger partial charge in [0.1, 0.15) is 0 Å². The van der Waals surface area contributed by atoms with Crippen LogP contribution in [0, 0.1) is 6.92 Å². The summed E-state index contributed by atoms with van der Waals surface area (Å²) in [5, 5.41) is 7.95. The summed E-state index contributed by atoms with van der Waals surface area (Å²) in [7, 11) is 0. The number of amides is 1. The number of hydrogen-bond acceptors (Lipinski definition) is 5. The molecule has 0 aliphatic rings. The molecule has 0 bridgehead atoms. The fourth-order valence-corrected chi connectivity index (χ4v) is 3.02. The number of carbonyl (C=O) groups is 1. The van der Waals surface area contributed by atoms with Crippen molar-refractivity contribution in [2.75, 3.05) is 0 Å². The molecule has 4 rings (SSSR count). The molecule has 0 spiro atoms. The van der Waals surface area contributed by atoms with Crippen LogP contribution in [0.5, 0.6) is 0 Å². The zero-order valence-electron chi connectivity index (χ0n) is 14.4. The zero-order valence-corrected chi connectivity index (χ0v) is 15.2. The van der Waals surface area contributed by atoms with Gasteiger partial charge in [0, 0.05) is 16.6 Å². The summed E-state index contributed by atoms with van der Waals surface area (Å²) in [6.07, 6.45) is 0. The fourth-order valence-electron chi connectivity index (χ4n) is 2.81. The molecule has 0 saturated heterocycles. The number of aromatic nitrogens is 3. The number of carbonyl (C=O) groups excluding carboxylic acids is 1. The highest BCUT2D eigenvalue weighted by molar-refractivity contribution is 6.35. The van der Waals surface area contributed by atoms with Gasteiger partial charge in [-0.15, -0.1) is 0 Å². The standard InChI is InChI=1S/C20H15ClN4O2/c1-12-10-15(14-8-5-9-16(21)18(14)23-12)19(26)22-11-17-24-20(27-25-17)13-6-3-2-4-7-13/h2-10H,11H2,1H3,(H,22,26). The van der Waals surface area contributed by atoms with Gasteiger partial charge in [-0.25, -0.2) is 0 Å². The van der Waals surface area contributed by atoms with Crippen molar-refractivity contribution < 1.29 is 9.32 Å². The first-order chi connectivity index (χ1) is 13.1. The minimum absolute atomic E-state index is 0.151. The molecular weight excluding hydrogens is 364 g/mol. The number of halogens is 1. The van der Waals surface area contributed by atoms with Gasteiger partial charge in [-0.3, -0.25) is 9.78 Å². The number of rotatable bonds is 4. The highest BCUT2D eigenvalue weighted by Crippen LogP contribution is 2.25. The maximum absolute atomic E-state index is 12.7. The third-order valence-corrected chi connectivity index (χ3v) is 4.36. The Morgan fingerprint density at radius 2 is 1.93 bits per heavy atom. The molecule has 0 saturated carbocycles. The highest BCUT2D eigenvalue weighted by atomic mass is 35.5. The van der Waals surface area contributed by atoms with Gasteiger partial charge >= 0.3 is 0 Å². The summed E-state index contributed by atoms with van der Waals surface area (Å²) in [5.74, 6) is 0.561. The van der Waals surface area contributed by atoms with Crippen LogP contribution in [0.15, 0.2) is 59.1 Å². The van der Waals surface area contributed by atoms with Gasteiger partial charge in [0.2, 0.25) is 0 Å². The van der Waals surface area contributed by atoms with Gasteiger partial charge in [-0.05, 0) is 31.2 Å². The number of pyridine rings is 1. The molecule has 2 heterocycles. The topological polar surface area (TPSA) is 80.9 Å². The lowest BCUT2D eigenvalue weighted by Crippen LogP contribution is -2.24. The van der Waals surface area contributed by atoms with E-state index in [-0.39, 0.29) is 12.5 Å². The molecule has 0 aliphatic heterocycles. The minimum atomic E-state index is -0.251. The van der Waals surface area contributed by atoms with Crippen LogP contribution in [0.2, 0.25) is 5.02 Å². The van der Waals surface area contributed by atoms with Crippen LogP contribution >= 0.6 is 11.6 Å². The van der Waals surface area contributed by atoms with Crippen LogP contribution in [0.25, 0.3) is 22.4 Å². The second-order valence-electron chi connectivity index (χ2n) is 6.01. The molecule has 4 aromatic rings. The van der Waals surface area contributed by atoms with Crippen LogP contribution in [0.3, 0.4) is 0 Å². The molecule has 0 atom stereocenters. The van der Waals surface area contributed by atoms with Crippen LogP contribution in [-0.2, 0) is 6.54 Å². The first kappa shape index (κ1) is 17.2. The van der Waals surface area contributed by atoms with Gasteiger partial charge in [-0.2, -0.15) is 4.98 Å². The number of hydrogen-bond donors (Lipinski definition) is 1. The lowest BCUT2D eigenvalue weighted by molar-refractivity contribution is 0.0951. The lowest BCUT2D eigenvalue weighted by atomic mass is 10.1. The van der Waals surface area contributed by atoms with Crippen LogP contribution in [-0.4, -0.2) is 21.0 Å². The number of nitrogens with zero attached hydrogens (tertiary/aromatic N) is 3. The largest absolute Gasteiger partial charge is 0.345 e. The van der Waals surface area contributed by atoms with Crippen molar-refractivity contribution in [3.63, 3.8) is 0 Å². The Morgan fingerprint density at radius 3 is 2.74 bits per heavy atom. The van der Waals surface area contributed by atoms with Gasteiger partial charge < -0.3 is 9.84 Å². The molecule has 6 nitrogen and oxygen atoms in total. The average molecular weight is 379 g/mol. The first-order valence-corrected chi connectivity index (χ1v) is 8.71. The Labute approximate surface area is 160 Å². The van der Waals surface area contributed by atoms with Crippen LogP contribution in [0.4, 0.5) is 0 Å². The van der Waals surface area contributed by atoms with Gasteiger partial charge in [0.05, 0.1) is 22.6 Å². The monoisotopic (exact) mass is 378 g/mol. The van der Waals surface area contributed by atoms with Crippen molar-refractivity contribution in [3.05, 3.63) is 76.7 Å². The SMILES string of the molecule is Cc1cc(C(=O)NCc2noc(-c3ccccc3)n2)c2cccc(Cl)c2n1. The maximum atomic E-state index is 12.7. The zero-order chi connectivity index (χ0) is 18.8. The van der Waals surface area contributed by atoms with Crippen molar-refractivity contribution in [1.82, 2.24) is 20.4 Å². The predicted molar refractivity (Wildman–Crippen MR) is 102 cm³/mol. The molecule has 0 fully saturated rings. The Hall–Kier alpha value is -3.25. The van der Waals surface area contributed by atoms with E-state index in [4.69, 9.17) is 16.1 Å². The van der Waals surface area contributed by atoms with E-state index in [1.165, 1.54) is 0 Å². The van der Waals surface area contributed by atoms with E-state index in [9.17, 15) is 4.79 Å². The van der Waals surface area contributed by atoms with E-state index in [0.29, 0.717) is 38.9 Å². The highest BCUT2D eigenvalue weighted by Gasteiger charge is 2.15. The Kier molecular flexibility index (Phi) is 4.56. The van der Waals surface area contributed by atoms with Crippen molar-refractivity contribution >= 4 is 28.4 Å². The molecule has 27 heavy (non-hydrogen) atoms. The molecule has 1 amide bonds. The second-order valence-corrected chi connectivity index (χ2v) is 6.42. The summed E-state index contributed by atoms with van der Waals surface area (Å²) in [5.41, 5.74) is 2.65. The molecular formula is C20H15ClN4O2. The molecule has 1 N–H and O–H groups in total. The Morgan fingerprint density at radius 1 is 1.11 bits per heavy atom. The summed E-state index contributed by atoms with van der Waals surface area (Å²) in [6, 6.07) is 16.6. The molecule has 134 valence electrons. The van der Waals surface area contributed by atoms with Crippen molar-refractivity contribution in [3.8, 4) is 11.5 Å². The summed E-state index contributed by atoms with van der Waals surface area (Å²) in [4.78, 5) is 21.4. The molecule has 2 aromatic heterocycles. The summed E-state index contributed by atoms with van der Waals surface area (Å²) < 4.78 is 5.25.